The van der Waals surface area contributed by atoms with Crippen LogP contribution in [0, 0.1) is 13.8 Å². The molecule has 0 fully saturated rings. The number of aryl methyl sites for hydroxylation is 2. The number of carbonyl (C=O) groups is 2. The highest BCUT2D eigenvalue weighted by Gasteiger charge is 2.31. The topological polar surface area (TPSA) is 87.1 Å². The molecule has 0 unspecified atom stereocenters. The maximum Gasteiger partial charge on any atom is 0.416 e. The van der Waals surface area contributed by atoms with E-state index in [0.717, 1.165) is 45.9 Å². The van der Waals surface area contributed by atoms with Crippen LogP contribution >= 0.6 is 11.6 Å². The maximum atomic E-state index is 13.3. The Morgan fingerprint density at radius 1 is 0.977 bits per heavy atom. The van der Waals surface area contributed by atoms with E-state index in [9.17, 15) is 22.8 Å². The van der Waals surface area contributed by atoms with Crippen molar-refractivity contribution in [2.24, 2.45) is 0 Å². The van der Waals surface area contributed by atoms with Gasteiger partial charge in [-0.25, -0.2) is 0 Å². The minimum absolute atomic E-state index is 0.0416. The molecule has 0 aliphatic heterocycles. The second-order valence-electron chi connectivity index (χ2n) is 10.1. The molecule has 5 aromatic rings. The number of hydrogen-bond acceptors (Lipinski definition) is 3. The van der Waals surface area contributed by atoms with Crippen molar-refractivity contribution < 1.29 is 27.2 Å². The summed E-state index contributed by atoms with van der Waals surface area (Å²) in [5, 5.41) is 6.62. The fraction of sp³-hybridized carbons (Fsp3) is 0.152. The second kappa shape index (κ2) is 12.2. The molecular formula is C33H27ClF3N3O3. The number of para-hydroxylation sites is 1. The molecule has 2 aromatic heterocycles. The van der Waals surface area contributed by atoms with Crippen LogP contribution < -0.4 is 10.6 Å². The molecule has 3 N–H and O–H groups in total. The molecule has 0 aliphatic carbocycles. The van der Waals surface area contributed by atoms with Crippen LogP contribution in [0.3, 0.4) is 0 Å². The summed E-state index contributed by atoms with van der Waals surface area (Å²) in [7, 11) is 0. The van der Waals surface area contributed by atoms with Gasteiger partial charge in [0.05, 0.1) is 10.6 Å². The van der Waals surface area contributed by atoms with E-state index in [0.29, 0.717) is 12.0 Å². The Labute approximate surface area is 250 Å². The summed E-state index contributed by atoms with van der Waals surface area (Å²) < 4.78 is 45.6. The fourth-order valence-electron chi connectivity index (χ4n) is 4.72. The van der Waals surface area contributed by atoms with Crippen LogP contribution in [0.4, 0.5) is 13.2 Å². The number of aromatic amines is 1. The van der Waals surface area contributed by atoms with Gasteiger partial charge in [-0.3, -0.25) is 9.59 Å². The minimum Gasteiger partial charge on any atom is -0.457 e. The monoisotopic (exact) mass is 605 g/mol. The van der Waals surface area contributed by atoms with E-state index in [1.165, 1.54) is 18.2 Å². The molecule has 0 radical (unpaired) electrons. The zero-order chi connectivity index (χ0) is 30.7. The molecule has 2 heterocycles. The first-order valence-corrected chi connectivity index (χ1v) is 13.8. The van der Waals surface area contributed by atoms with Crippen molar-refractivity contribution in [3.05, 3.63) is 123 Å². The second-order valence-corrected chi connectivity index (χ2v) is 10.5. The highest BCUT2D eigenvalue weighted by Crippen LogP contribution is 2.36. The zero-order valence-corrected chi connectivity index (χ0v) is 24.0. The van der Waals surface area contributed by atoms with Crippen LogP contribution in [0.15, 0.2) is 89.0 Å². The quantitative estimate of drug-likeness (QED) is 0.157. The van der Waals surface area contributed by atoms with Crippen LogP contribution in [0.5, 0.6) is 0 Å². The van der Waals surface area contributed by atoms with Gasteiger partial charge < -0.3 is 20.0 Å². The number of benzene rings is 3. The molecule has 6 nitrogen and oxygen atoms in total. The number of H-pyrrole nitrogens is 1. The molecule has 43 heavy (non-hydrogen) atoms. The van der Waals surface area contributed by atoms with Crippen LogP contribution in [0.1, 0.15) is 38.5 Å². The Kier molecular flexibility index (Phi) is 8.45. The molecule has 2 amide bonds. The number of amides is 2. The fourth-order valence-corrected chi connectivity index (χ4v) is 4.93. The third-order valence-electron chi connectivity index (χ3n) is 6.97. The number of hydrogen-bond donors (Lipinski definition) is 3. The Bertz CT molecular complexity index is 1840. The normalized spacial score (nSPS) is 12.0. The maximum absolute atomic E-state index is 13.3. The van der Waals surface area contributed by atoms with Crippen molar-refractivity contribution in [3.8, 4) is 11.3 Å². The van der Waals surface area contributed by atoms with E-state index in [1.807, 2.05) is 38.1 Å². The van der Waals surface area contributed by atoms with E-state index in [4.69, 9.17) is 16.0 Å². The summed E-state index contributed by atoms with van der Waals surface area (Å²) in [5.74, 6) is -0.873. The van der Waals surface area contributed by atoms with Gasteiger partial charge in [0, 0.05) is 40.3 Å². The molecular weight excluding hydrogens is 579 g/mol. The van der Waals surface area contributed by atoms with Gasteiger partial charge in [0.2, 0.25) is 0 Å². The van der Waals surface area contributed by atoms with Gasteiger partial charge in [-0.2, -0.15) is 13.2 Å². The molecule has 0 saturated carbocycles. The van der Waals surface area contributed by atoms with Crippen molar-refractivity contribution in [1.29, 1.82) is 0 Å². The number of nitrogens with one attached hydrogen (secondary N) is 3. The number of rotatable bonds is 8. The molecule has 0 saturated heterocycles. The first kappa shape index (κ1) is 29.7. The molecule has 3 aromatic carbocycles. The highest BCUT2D eigenvalue weighted by atomic mass is 35.5. The lowest BCUT2D eigenvalue weighted by atomic mass is 10.1. The lowest BCUT2D eigenvalue weighted by Crippen LogP contribution is -2.35. The lowest BCUT2D eigenvalue weighted by molar-refractivity contribution is -0.137. The number of furan rings is 1. The van der Waals surface area contributed by atoms with Gasteiger partial charge in [0.1, 0.15) is 17.2 Å². The van der Waals surface area contributed by atoms with Crippen LogP contribution in [0.2, 0.25) is 5.02 Å². The summed E-state index contributed by atoms with van der Waals surface area (Å²) in [6, 6.07) is 20.6. The van der Waals surface area contributed by atoms with E-state index in [2.05, 4.69) is 15.6 Å². The van der Waals surface area contributed by atoms with Gasteiger partial charge in [-0.05, 0) is 74.4 Å². The Balaban J connectivity index is 1.40. The molecule has 0 spiro atoms. The van der Waals surface area contributed by atoms with E-state index < -0.39 is 23.6 Å². The van der Waals surface area contributed by atoms with Crippen molar-refractivity contribution in [2.45, 2.75) is 26.4 Å². The largest absolute Gasteiger partial charge is 0.457 e. The molecule has 10 heteroatoms. The first-order chi connectivity index (χ1) is 20.5. The van der Waals surface area contributed by atoms with Crippen LogP contribution in [-0.4, -0.2) is 23.3 Å². The average Bonchev–Trinajstić information content (AvgIpc) is 3.56. The van der Waals surface area contributed by atoms with Gasteiger partial charge in [-0.1, -0.05) is 47.5 Å². The number of fused-ring (bicyclic) bond motifs is 1. The number of aromatic nitrogens is 1. The van der Waals surface area contributed by atoms with Gasteiger partial charge in [0.15, 0.2) is 0 Å². The Hall–Kier alpha value is -4.76. The number of halogens is 4. The number of alkyl halides is 3. The Morgan fingerprint density at radius 3 is 2.47 bits per heavy atom. The SMILES string of the molecule is Cc1ccc(C(=O)NC(=Cc2ccc(-c3cc(C(F)(F)F)ccc3Cl)o2)C(=O)NCCc2c(C)[nH]c3ccccc23)cc1. The zero-order valence-electron chi connectivity index (χ0n) is 23.2. The van der Waals surface area contributed by atoms with E-state index in [-0.39, 0.29) is 34.3 Å². The smallest absolute Gasteiger partial charge is 0.416 e. The predicted molar refractivity (Wildman–Crippen MR) is 161 cm³/mol. The molecule has 0 atom stereocenters. The third-order valence-corrected chi connectivity index (χ3v) is 7.30. The number of carbonyl (C=O) groups excluding carboxylic acids is 2. The van der Waals surface area contributed by atoms with E-state index >= 15 is 0 Å². The highest BCUT2D eigenvalue weighted by molar-refractivity contribution is 6.33. The van der Waals surface area contributed by atoms with Gasteiger partial charge >= 0.3 is 6.18 Å². The molecule has 220 valence electrons. The third kappa shape index (κ3) is 6.84. The van der Waals surface area contributed by atoms with E-state index in [1.54, 1.807) is 24.3 Å². The molecule has 0 aliphatic rings. The van der Waals surface area contributed by atoms with Gasteiger partial charge in [0.25, 0.3) is 11.8 Å². The first-order valence-electron chi connectivity index (χ1n) is 13.4. The minimum atomic E-state index is -4.56. The summed E-state index contributed by atoms with van der Waals surface area (Å²) >= 11 is 6.17. The molecule has 0 bridgehead atoms. The summed E-state index contributed by atoms with van der Waals surface area (Å²) in [5.41, 5.74) is 3.44. The molecule has 5 rings (SSSR count). The lowest BCUT2D eigenvalue weighted by Gasteiger charge is -2.11. The predicted octanol–water partition coefficient (Wildman–Crippen LogP) is 7.85. The summed E-state index contributed by atoms with van der Waals surface area (Å²) in [6.45, 7) is 4.14. The average molecular weight is 606 g/mol. The summed E-state index contributed by atoms with van der Waals surface area (Å²) in [4.78, 5) is 29.7. The standard InChI is InChI=1S/C33H27ClF3N3O3/c1-19-7-9-21(10-8-19)31(41)40-29(32(42)38-16-15-24-20(2)39-28-6-4-3-5-25(24)28)18-23-12-14-30(43-23)26-17-22(33(35,36)37)11-13-27(26)34/h3-14,17-18,39H,15-16H2,1-2H3,(H,38,42)(H,40,41). The summed E-state index contributed by atoms with van der Waals surface area (Å²) in [6.07, 6.45) is -2.70. The van der Waals surface area contributed by atoms with Crippen LogP contribution in [-0.2, 0) is 17.4 Å². The Morgan fingerprint density at radius 2 is 1.72 bits per heavy atom. The van der Waals surface area contributed by atoms with Gasteiger partial charge in [-0.15, -0.1) is 0 Å². The van der Waals surface area contributed by atoms with Crippen LogP contribution in [0.25, 0.3) is 28.3 Å². The van der Waals surface area contributed by atoms with Crippen molar-refractivity contribution in [2.75, 3.05) is 6.54 Å². The van der Waals surface area contributed by atoms with Crippen molar-refractivity contribution >= 4 is 40.4 Å². The van der Waals surface area contributed by atoms with Crippen molar-refractivity contribution in [1.82, 2.24) is 15.6 Å². The van der Waals surface area contributed by atoms with Crippen molar-refractivity contribution in [3.63, 3.8) is 0 Å².